The molecule has 0 aliphatic carbocycles. The standard InChI is InChI=1S/C5H15F2P3.CHF3O3S/c1-4-10(3,8,5-2)9(6)7;2-1(3,4)8(5,6)7/h4-5,8H2,1-3H3;(H,5,6,7). The number of hydrogen-bond acceptors (Lipinski definition) is 2. The summed E-state index contributed by atoms with van der Waals surface area (Å²) in [6, 6.07) is 0. The van der Waals surface area contributed by atoms with Crippen molar-refractivity contribution in [2.45, 2.75) is 19.4 Å². The van der Waals surface area contributed by atoms with Gasteiger partial charge in [-0.3, -0.25) is 4.55 Å². The van der Waals surface area contributed by atoms with E-state index in [0.717, 1.165) is 0 Å². The Morgan fingerprint density at radius 3 is 1.44 bits per heavy atom. The molecular formula is C6H16F5O3P3S. The van der Waals surface area contributed by atoms with Gasteiger partial charge in [0.25, 0.3) is 0 Å². The fraction of sp³-hybridized carbons (Fsp3) is 1.00. The van der Waals surface area contributed by atoms with Crippen molar-refractivity contribution in [1.29, 1.82) is 0 Å². The van der Waals surface area contributed by atoms with Crippen molar-refractivity contribution in [3.63, 3.8) is 0 Å². The molecule has 0 fully saturated rings. The molecule has 0 bridgehead atoms. The average Bonchev–Trinajstić information content (AvgIpc) is 2.16. The zero-order chi connectivity index (χ0) is 15.4. The molecule has 1 atom stereocenters. The van der Waals surface area contributed by atoms with Crippen molar-refractivity contribution >= 4 is 33.3 Å². The molecule has 0 radical (unpaired) electrons. The fourth-order valence-corrected chi connectivity index (χ4v) is 2.60. The first-order valence-corrected chi connectivity index (χ1v) is 12.5. The summed E-state index contributed by atoms with van der Waals surface area (Å²) in [4.78, 5) is 0. The molecule has 114 valence electrons. The third kappa shape index (κ3) is 6.33. The zero-order valence-electron chi connectivity index (χ0n) is 9.95. The third-order valence-electron chi connectivity index (χ3n) is 2.47. The quantitative estimate of drug-likeness (QED) is 0.349. The van der Waals surface area contributed by atoms with Gasteiger partial charge in [-0.2, -0.15) is 21.6 Å². The molecule has 0 heterocycles. The number of halogens is 5. The maximum atomic E-state index is 12.6. The van der Waals surface area contributed by atoms with Gasteiger partial charge in [0.1, 0.15) is 0 Å². The maximum Gasteiger partial charge on any atom is 0.522 e. The second-order valence-electron chi connectivity index (χ2n) is 3.85. The van der Waals surface area contributed by atoms with E-state index in [1.807, 2.05) is 13.8 Å². The van der Waals surface area contributed by atoms with Crippen LogP contribution in [0.2, 0.25) is 0 Å². The van der Waals surface area contributed by atoms with Gasteiger partial charge in [-0.05, 0) is 0 Å². The Bertz CT molecular complexity index is 359. The van der Waals surface area contributed by atoms with Gasteiger partial charge in [-0.1, -0.05) is 0 Å². The monoisotopic (exact) mass is 356 g/mol. The number of hydrogen-bond donors (Lipinski definition) is 1. The molecule has 0 aliphatic heterocycles. The first kappa shape index (κ1) is 21.2. The minimum atomic E-state index is -5.84. The summed E-state index contributed by atoms with van der Waals surface area (Å²) in [6.45, 7) is 5.49. The fourth-order valence-electron chi connectivity index (χ4n) is 0.437. The molecule has 0 saturated heterocycles. The first-order valence-electron chi connectivity index (χ1n) is 4.58. The van der Waals surface area contributed by atoms with Crippen LogP contribution in [0, 0.1) is 0 Å². The molecule has 0 aliphatic rings. The van der Waals surface area contributed by atoms with Crippen LogP contribution in [0.5, 0.6) is 0 Å². The molecule has 0 rings (SSSR count). The average molecular weight is 356 g/mol. The number of alkyl halides is 3. The Labute approximate surface area is 107 Å². The SMILES string of the molecule is CCP(C)(P)(CC)P(F)F.O=S(=O)(O)C(F)(F)F. The van der Waals surface area contributed by atoms with Gasteiger partial charge in [-0.15, -0.1) is 0 Å². The maximum absolute atomic E-state index is 12.6. The Hall–Kier alpha value is 0.850. The van der Waals surface area contributed by atoms with E-state index in [-0.39, 0.29) is 0 Å². The molecule has 1 N–H and O–H groups in total. The van der Waals surface area contributed by atoms with Crippen LogP contribution in [-0.4, -0.2) is 37.5 Å². The first-order chi connectivity index (χ1) is 7.60. The van der Waals surface area contributed by atoms with Crippen molar-refractivity contribution in [3.05, 3.63) is 0 Å². The smallest absolute Gasteiger partial charge is 0.279 e. The molecule has 0 spiro atoms. The van der Waals surface area contributed by atoms with Crippen LogP contribution < -0.4 is 0 Å². The van der Waals surface area contributed by atoms with Gasteiger partial charge >= 0.3 is 80.0 Å². The molecule has 1 unspecified atom stereocenters. The van der Waals surface area contributed by atoms with Gasteiger partial charge in [0.05, 0.1) is 0 Å². The van der Waals surface area contributed by atoms with E-state index in [9.17, 15) is 21.6 Å². The van der Waals surface area contributed by atoms with Crippen LogP contribution in [0.4, 0.5) is 21.6 Å². The Kier molecular flexibility index (Phi) is 7.68. The van der Waals surface area contributed by atoms with Gasteiger partial charge in [0.15, 0.2) is 0 Å². The summed E-state index contributed by atoms with van der Waals surface area (Å²) in [6.07, 6.45) is 1.29. The molecule has 0 aromatic heterocycles. The Morgan fingerprint density at radius 1 is 1.22 bits per heavy atom. The van der Waals surface area contributed by atoms with E-state index < -0.39 is 29.8 Å². The van der Waals surface area contributed by atoms with E-state index in [2.05, 4.69) is 8.93 Å². The summed E-state index contributed by atoms with van der Waals surface area (Å²) >= 11 is 0. The summed E-state index contributed by atoms with van der Waals surface area (Å²) < 4.78 is 82.7. The van der Waals surface area contributed by atoms with Crippen LogP contribution in [0.1, 0.15) is 13.8 Å². The Morgan fingerprint density at radius 2 is 1.44 bits per heavy atom. The minimum absolute atomic E-state index is 0.644. The van der Waals surface area contributed by atoms with Crippen molar-refractivity contribution in [2.75, 3.05) is 19.0 Å². The van der Waals surface area contributed by atoms with Crippen molar-refractivity contribution < 1.29 is 34.5 Å². The second-order valence-corrected chi connectivity index (χ2v) is 21.4. The van der Waals surface area contributed by atoms with Gasteiger partial charge < -0.3 is 0 Å². The van der Waals surface area contributed by atoms with Crippen LogP contribution in [0.3, 0.4) is 0 Å². The van der Waals surface area contributed by atoms with Crippen molar-refractivity contribution in [3.8, 4) is 0 Å². The molecule has 0 saturated carbocycles. The van der Waals surface area contributed by atoms with E-state index in [0.29, 0.717) is 12.3 Å². The topological polar surface area (TPSA) is 54.4 Å². The van der Waals surface area contributed by atoms with E-state index in [4.69, 9.17) is 13.0 Å². The normalized spacial score (nSPS) is 15.6. The van der Waals surface area contributed by atoms with E-state index in [1.165, 1.54) is 0 Å². The van der Waals surface area contributed by atoms with Crippen molar-refractivity contribution in [1.82, 2.24) is 0 Å². The zero-order valence-corrected chi connectivity index (χ0v) is 13.7. The summed E-state index contributed by atoms with van der Waals surface area (Å²) in [5.74, 6) is -2.59. The van der Waals surface area contributed by atoms with Gasteiger partial charge in [0, 0.05) is 0 Å². The second kappa shape index (κ2) is 6.53. The molecule has 0 aromatic rings. The predicted octanol–water partition coefficient (Wildman–Crippen LogP) is 4.56. The van der Waals surface area contributed by atoms with Crippen LogP contribution in [-0.2, 0) is 10.1 Å². The molecular weight excluding hydrogens is 340 g/mol. The Balaban J connectivity index is 0. The molecule has 0 aromatic carbocycles. The van der Waals surface area contributed by atoms with Crippen molar-refractivity contribution in [2.24, 2.45) is 0 Å². The molecule has 18 heavy (non-hydrogen) atoms. The predicted molar refractivity (Wildman–Crippen MR) is 70.4 cm³/mol. The summed E-state index contributed by atoms with van der Waals surface area (Å²) in [5, 5.41) is 0. The molecule has 12 heteroatoms. The minimum Gasteiger partial charge on any atom is -0.279 e. The van der Waals surface area contributed by atoms with E-state index >= 15 is 0 Å². The van der Waals surface area contributed by atoms with Crippen LogP contribution >= 0.6 is 23.1 Å². The van der Waals surface area contributed by atoms with Crippen LogP contribution in [0.15, 0.2) is 0 Å². The summed E-state index contributed by atoms with van der Waals surface area (Å²) in [7, 11) is -6.12. The van der Waals surface area contributed by atoms with Crippen LogP contribution in [0.25, 0.3) is 0 Å². The third-order valence-corrected chi connectivity index (χ3v) is 15.6. The number of rotatable bonds is 3. The molecule has 3 nitrogen and oxygen atoms in total. The van der Waals surface area contributed by atoms with E-state index in [1.54, 1.807) is 6.66 Å². The molecule has 0 amide bonds. The largest absolute Gasteiger partial charge is 0.522 e. The van der Waals surface area contributed by atoms with Gasteiger partial charge in [-0.25, -0.2) is 0 Å². The summed E-state index contributed by atoms with van der Waals surface area (Å²) in [5.41, 5.74) is -5.53. The van der Waals surface area contributed by atoms with Gasteiger partial charge in [0.2, 0.25) is 0 Å².